The molecule has 4 heteroatoms. The summed E-state index contributed by atoms with van der Waals surface area (Å²) in [6.45, 7) is 0.567. The van der Waals surface area contributed by atoms with Crippen molar-refractivity contribution in [2.24, 2.45) is 0 Å². The normalized spacial score (nSPS) is 12.4. The van der Waals surface area contributed by atoms with Crippen LogP contribution in [0.4, 0.5) is 0 Å². The smallest absolute Gasteiger partial charge is 0.119 e. The number of benzene rings is 1. The zero-order valence-corrected chi connectivity index (χ0v) is 8.50. The molecule has 0 aliphatic heterocycles. The molecule has 1 aromatic rings. The number of hydrogen-bond acceptors (Lipinski definition) is 4. The molecule has 0 aliphatic carbocycles. The molecule has 0 amide bonds. The molecule has 0 heterocycles. The lowest BCUT2D eigenvalue weighted by molar-refractivity contribution is 0.00134. The van der Waals surface area contributed by atoms with Gasteiger partial charge >= 0.3 is 0 Å². The Morgan fingerprint density at radius 1 is 1.13 bits per heavy atom. The van der Waals surface area contributed by atoms with Crippen LogP contribution < -0.4 is 4.74 Å². The molecule has 0 aromatic heterocycles. The molecule has 0 aliphatic rings. The quantitative estimate of drug-likeness (QED) is 0.644. The number of aliphatic hydroxyl groups excluding tert-OH is 2. The second-order valence-electron chi connectivity index (χ2n) is 3.08. The van der Waals surface area contributed by atoms with Gasteiger partial charge in [-0.2, -0.15) is 0 Å². The van der Waals surface area contributed by atoms with Gasteiger partial charge in [0.2, 0.25) is 0 Å². The molecule has 1 aromatic carbocycles. The van der Waals surface area contributed by atoms with E-state index in [1.807, 2.05) is 30.3 Å². The number of hydrogen-bond donors (Lipinski definition) is 2. The van der Waals surface area contributed by atoms with Gasteiger partial charge in [-0.3, -0.25) is 0 Å². The third-order valence-corrected chi connectivity index (χ3v) is 1.73. The van der Waals surface area contributed by atoms with Crippen LogP contribution in [-0.2, 0) is 4.74 Å². The highest BCUT2D eigenvalue weighted by molar-refractivity contribution is 5.20. The summed E-state index contributed by atoms with van der Waals surface area (Å²) in [6, 6.07) is 9.27. The van der Waals surface area contributed by atoms with Crippen molar-refractivity contribution in [1.82, 2.24) is 0 Å². The Hall–Kier alpha value is -1.10. The first-order valence-corrected chi connectivity index (χ1v) is 4.87. The summed E-state index contributed by atoms with van der Waals surface area (Å²) in [7, 11) is 0. The van der Waals surface area contributed by atoms with Gasteiger partial charge in [0, 0.05) is 0 Å². The van der Waals surface area contributed by atoms with Gasteiger partial charge in [-0.1, -0.05) is 18.2 Å². The van der Waals surface area contributed by atoms with E-state index in [1.165, 1.54) is 0 Å². The number of aliphatic hydroxyl groups is 2. The highest BCUT2D eigenvalue weighted by Crippen LogP contribution is 2.08. The summed E-state index contributed by atoms with van der Waals surface area (Å²) in [5, 5.41) is 17.9. The summed E-state index contributed by atoms with van der Waals surface area (Å²) in [6.07, 6.45) is -0.670. The number of ether oxygens (including phenoxy) is 2. The second kappa shape index (κ2) is 7.23. The lowest BCUT2D eigenvalue weighted by atomic mass is 10.3. The van der Waals surface area contributed by atoms with E-state index in [0.717, 1.165) is 5.75 Å². The van der Waals surface area contributed by atoms with Crippen LogP contribution in [0.3, 0.4) is 0 Å². The van der Waals surface area contributed by atoms with Crippen molar-refractivity contribution >= 4 is 0 Å². The molecule has 0 bridgehead atoms. The van der Waals surface area contributed by atoms with E-state index in [1.54, 1.807) is 0 Å². The molecule has 4 nitrogen and oxygen atoms in total. The zero-order chi connectivity index (χ0) is 10.9. The van der Waals surface area contributed by atoms with Crippen LogP contribution in [0.25, 0.3) is 0 Å². The second-order valence-corrected chi connectivity index (χ2v) is 3.08. The van der Waals surface area contributed by atoms with E-state index in [0.29, 0.717) is 0 Å². The number of rotatable bonds is 7. The van der Waals surface area contributed by atoms with Crippen molar-refractivity contribution in [3.63, 3.8) is 0 Å². The Bertz CT molecular complexity index is 250. The minimum Gasteiger partial charge on any atom is -0.491 e. The van der Waals surface area contributed by atoms with Crippen molar-refractivity contribution in [3.05, 3.63) is 30.3 Å². The van der Waals surface area contributed by atoms with Crippen molar-refractivity contribution in [3.8, 4) is 5.75 Å². The average molecular weight is 212 g/mol. The lowest BCUT2D eigenvalue weighted by Gasteiger charge is -2.12. The van der Waals surface area contributed by atoms with E-state index in [9.17, 15) is 5.11 Å². The van der Waals surface area contributed by atoms with Gasteiger partial charge < -0.3 is 19.7 Å². The highest BCUT2D eigenvalue weighted by Gasteiger charge is 2.04. The molecule has 0 radical (unpaired) electrons. The monoisotopic (exact) mass is 212 g/mol. The summed E-state index contributed by atoms with van der Waals surface area (Å²) in [5.41, 5.74) is 0. The third-order valence-electron chi connectivity index (χ3n) is 1.73. The fourth-order valence-corrected chi connectivity index (χ4v) is 1.04. The van der Waals surface area contributed by atoms with Crippen molar-refractivity contribution in [1.29, 1.82) is 0 Å². The highest BCUT2D eigenvalue weighted by atomic mass is 16.5. The fraction of sp³-hybridized carbons (Fsp3) is 0.455. The van der Waals surface area contributed by atoms with Crippen LogP contribution >= 0.6 is 0 Å². The van der Waals surface area contributed by atoms with Crippen molar-refractivity contribution in [2.45, 2.75) is 6.10 Å². The molecule has 0 saturated heterocycles. The molecule has 0 spiro atoms. The number of para-hydroxylation sites is 1. The fourth-order valence-electron chi connectivity index (χ4n) is 1.04. The Balaban J connectivity index is 2.14. The predicted octanol–water partition coefficient (Wildman–Crippen LogP) is 0.435. The topological polar surface area (TPSA) is 58.9 Å². The molecule has 1 unspecified atom stereocenters. The largest absolute Gasteiger partial charge is 0.491 e. The molecule has 0 saturated carbocycles. The Morgan fingerprint density at radius 2 is 1.87 bits per heavy atom. The van der Waals surface area contributed by atoms with Crippen LogP contribution in [0.15, 0.2) is 30.3 Å². The maximum atomic E-state index is 9.41. The van der Waals surface area contributed by atoms with Crippen molar-refractivity contribution < 1.29 is 19.7 Å². The van der Waals surface area contributed by atoms with Crippen LogP contribution in [0.2, 0.25) is 0 Å². The Labute approximate surface area is 89.1 Å². The molecule has 84 valence electrons. The molecular weight excluding hydrogens is 196 g/mol. The third kappa shape index (κ3) is 5.37. The van der Waals surface area contributed by atoms with Gasteiger partial charge in [0.05, 0.1) is 19.8 Å². The molecule has 1 atom stereocenters. The lowest BCUT2D eigenvalue weighted by Crippen LogP contribution is -2.24. The van der Waals surface area contributed by atoms with Gasteiger partial charge in [0.15, 0.2) is 0 Å². The molecule has 0 fully saturated rings. The molecule has 15 heavy (non-hydrogen) atoms. The molecular formula is C11H16O4. The Kier molecular flexibility index (Phi) is 5.77. The van der Waals surface area contributed by atoms with Gasteiger partial charge in [0.25, 0.3) is 0 Å². The molecule has 2 N–H and O–H groups in total. The summed E-state index contributed by atoms with van der Waals surface area (Å²) in [4.78, 5) is 0. The van der Waals surface area contributed by atoms with E-state index < -0.39 is 6.10 Å². The SMILES string of the molecule is OCCOCC(O)COc1ccccc1. The average Bonchev–Trinajstić information content (AvgIpc) is 2.28. The summed E-state index contributed by atoms with van der Waals surface area (Å²) < 4.78 is 10.3. The minimum atomic E-state index is -0.670. The standard InChI is InChI=1S/C11H16O4/c12-6-7-14-8-10(13)9-15-11-4-2-1-3-5-11/h1-5,10,12-13H,6-9H2. The van der Waals surface area contributed by atoms with E-state index in [2.05, 4.69) is 0 Å². The first-order chi connectivity index (χ1) is 7.33. The van der Waals surface area contributed by atoms with Crippen LogP contribution in [0.1, 0.15) is 0 Å². The minimum absolute atomic E-state index is 0.0355. The predicted molar refractivity (Wildman–Crippen MR) is 55.8 cm³/mol. The zero-order valence-electron chi connectivity index (χ0n) is 8.50. The van der Waals surface area contributed by atoms with Gasteiger partial charge in [-0.25, -0.2) is 0 Å². The van der Waals surface area contributed by atoms with E-state index in [4.69, 9.17) is 14.6 Å². The van der Waals surface area contributed by atoms with Gasteiger partial charge in [-0.05, 0) is 12.1 Å². The summed E-state index contributed by atoms with van der Waals surface area (Å²) in [5.74, 6) is 0.721. The molecule has 1 rings (SSSR count). The first kappa shape index (κ1) is 12.0. The first-order valence-electron chi connectivity index (χ1n) is 4.87. The van der Waals surface area contributed by atoms with E-state index in [-0.39, 0.29) is 26.4 Å². The summed E-state index contributed by atoms with van der Waals surface area (Å²) >= 11 is 0. The van der Waals surface area contributed by atoms with Crippen LogP contribution in [-0.4, -0.2) is 42.7 Å². The van der Waals surface area contributed by atoms with E-state index >= 15 is 0 Å². The maximum absolute atomic E-state index is 9.41. The maximum Gasteiger partial charge on any atom is 0.119 e. The van der Waals surface area contributed by atoms with Gasteiger partial charge in [-0.15, -0.1) is 0 Å². The van der Waals surface area contributed by atoms with Crippen molar-refractivity contribution in [2.75, 3.05) is 26.4 Å². The van der Waals surface area contributed by atoms with Crippen LogP contribution in [0, 0.1) is 0 Å². The Morgan fingerprint density at radius 3 is 2.53 bits per heavy atom. The van der Waals surface area contributed by atoms with Gasteiger partial charge in [0.1, 0.15) is 18.5 Å². The van der Waals surface area contributed by atoms with Crippen LogP contribution in [0.5, 0.6) is 5.75 Å².